The van der Waals surface area contributed by atoms with E-state index >= 15 is 0 Å². The Labute approximate surface area is 356 Å². The molecule has 2 nitrogen and oxygen atoms in total. The van der Waals surface area contributed by atoms with E-state index in [0.717, 1.165) is 21.6 Å². The second-order valence-corrected chi connectivity index (χ2v) is 26.6. The van der Waals surface area contributed by atoms with E-state index in [4.69, 9.17) is 19.4 Å². The van der Waals surface area contributed by atoms with Gasteiger partial charge in [-0.2, -0.15) is 0 Å². The molecule has 7 aromatic carbocycles. The number of benzene rings is 7. The van der Waals surface area contributed by atoms with Gasteiger partial charge in [0, 0.05) is 0 Å². The van der Waals surface area contributed by atoms with Crippen LogP contribution >= 0.6 is 27.3 Å². The molecule has 1 aliphatic carbocycles. The number of anilines is 2. The van der Waals surface area contributed by atoms with Gasteiger partial charge in [0.2, 0.25) is 0 Å². The third-order valence-corrected chi connectivity index (χ3v) is 20.2. The fraction of sp³-hybridized carbons (Fsp3) is 0.154. The first-order valence-electron chi connectivity index (χ1n) is 19.8. The van der Waals surface area contributed by atoms with E-state index in [1.807, 2.05) is 0 Å². The number of aryl methyl sites for hydroxylation is 6. The van der Waals surface area contributed by atoms with Crippen LogP contribution in [0.15, 0.2) is 164 Å². The minimum absolute atomic E-state index is 0.446. The summed E-state index contributed by atoms with van der Waals surface area (Å²) in [6.45, 7) is 14.8. The molecule has 1 aliphatic heterocycles. The van der Waals surface area contributed by atoms with Gasteiger partial charge in [0.15, 0.2) is 0 Å². The van der Waals surface area contributed by atoms with E-state index < -0.39 is 19.8 Å². The number of nitrogens with zero attached hydrogens (tertiary/aromatic N) is 2. The van der Waals surface area contributed by atoms with E-state index in [9.17, 15) is 0 Å². The van der Waals surface area contributed by atoms with Crippen LogP contribution in [0.25, 0.3) is 11.1 Å². The first kappa shape index (κ1) is 40.3. The van der Waals surface area contributed by atoms with Crippen molar-refractivity contribution in [1.82, 2.24) is 0 Å². The SMILES string of the molecule is Cc1cc(C)c(N2CCN(c3c(C)cc(C)cc3C)[C]2=[Ru]([Cl])([Cl])=[C]2c3ccccc3-c3ccccc32)c(C)c1.c1ccc(P(c2ccccc2)c2ccccc2)cc1. The van der Waals surface area contributed by atoms with Crippen LogP contribution in [0.2, 0.25) is 0 Å². The van der Waals surface area contributed by atoms with E-state index in [1.165, 1.54) is 82.9 Å². The molecule has 0 N–H and O–H groups in total. The molecule has 0 spiro atoms. The number of hydrogen-bond acceptors (Lipinski definition) is 2. The van der Waals surface area contributed by atoms with Crippen molar-refractivity contribution in [2.75, 3.05) is 22.9 Å². The number of halogens is 2. The summed E-state index contributed by atoms with van der Waals surface area (Å²) < 4.78 is 2.19. The fourth-order valence-corrected chi connectivity index (χ4v) is 18.8. The molecular formula is C52H49Cl2N2PRu. The van der Waals surface area contributed by atoms with Crippen molar-refractivity contribution in [2.24, 2.45) is 0 Å². The molecular weight excluding hydrogens is 856 g/mol. The van der Waals surface area contributed by atoms with Gasteiger partial charge < -0.3 is 0 Å². The third kappa shape index (κ3) is 7.72. The van der Waals surface area contributed by atoms with Crippen molar-refractivity contribution < 1.29 is 11.9 Å². The molecule has 0 aromatic heterocycles. The smallest absolute Gasteiger partial charge is 0.0134 e. The van der Waals surface area contributed by atoms with Crippen LogP contribution in [0.1, 0.15) is 44.5 Å². The van der Waals surface area contributed by atoms with Crippen LogP contribution in [0.5, 0.6) is 0 Å². The predicted molar refractivity (Wildman–Crippen MR) is 253 cm³/mol. The minimum Gasteiger partial charge on any atom is -0.0622 e. The Morgan fingerprint density at radius 2 is 0.707 bits per heavy atom. The summed E-state index contributed by atoms with van der Waals surface area (Å²) in [5, 5.41) is 4.19. The van der Waals surface area contributed by atoms with E-state index in [2.05, 4.69) is 215 Å². The largest absolute Gasteiger partial charge is 0.0622 e. The Kier molecular flexibility index (Phi) is 11.8. The van der Waals surface area contributed by atoms with Gasteiger partial charge in [0.25, 0.3) is 0 Å². The van der Waals surface area contributed by atoms with Crippen LogP contribution in [0.4, 0.5) is 11.4 Å². The number of rotatable bonds is 5. The Bertz CT molecular complexity index is 2490. The zero-order valence-electron chi connectivity index (χ0n) is 34.0. The molecule has 6 heteroatoms. The van der Waals surface area contributed by atoms with Crippen molar-refractivity contribution >= 4 is 63.1 Å². The summed E-state index contributed by atoms with van der Waals surface area (Å²) in [5.41, 5.74) is 14.8. The number of hydrogen-bond donors (Lipinski definition) is 0. The third-order valence-electron chi connectivity index (χ3n) is 10.9. The van der Waals surface area contributed by atoms with Gasteiger partial charge in [-0.3, -0.25) is 0 Å². The molecule has 0 atom stereocenters. The second-order valence-electron chi connectivity index (χ2n) is 15.2. The van der Waals surface area contributed by atoms with Gasteiger partial charge in [0.05, 0.1) is 0 Å². The van der Waals surface area contributed by atoms with Crippen molar-refractivity contribution in [3.63, 3.8) is 0 Å². The molecule has 0 amide bonds. The molecule has 294 valence electrons. The number of fused-ring (bicyclic) bond motifs is 3. The average molecular weight is 905 g/mol. The second kappa shape index (κ2) is 17.0. The van der Waals surface area contributed by atoms with Crippen LogP contribution in [0.3, 0.4) is 0 Å². The maximum Gasteiger partial charge on any atom is -0.0134 e. The van der Waals surface area contributed by atoms with Gasteiger partial charge in [-0.1, -0.05) is 91.0 Å². The van der Waals surface area contributed by atoms with Crippen LogP contribution in [0, 0.1) is 41.5 Å². The van der Waals surface area contributed by atoms with Crippen LogP contribution in [-0.2, 0) is 11.9 Å². The molecule has 2 aliphatic rings. The average Bonchev–Trinajstić information content (AvgIpc) is 3.79. The Hall–Kier alpha value is -4.49. The topological polar surface area (TPSA) is 6.48 Å². The minimum atomic E-state index is -3.77. The molecule has 1 saturated heterocycles. The van der Waals surface area contributed by atoms with Crippen molar-refractivity contribution in [3.8, 4) is 11.1 Å². The molecule has 0 bridgehead atoms. The van der Waals surface area contributed by atoms with Gasteiger partial charge in [-0.25, -0.2) is 0 Å². The van der Waals surface area contributed by atoms with E-state index in [-0.39, 0.29) is 0 Å². The normalized spacial score (nSPS) is 13.7. The predicted octanol–water partition coefficient (Wildman–Crippen LogP) is 12.1. The Morgan fingerprint density at radius 1 is 0.414 bits per heavy atom. The zero-order valence-corrected chi connectivity index (χ0v) is 38.1. The van der Waals surface area contributed by atoms with E-state index in [1.54, 1.807) is 0 Å². The summed E-state index contributed by atoms with van der Waals surface area (Å²) in [6, 6.07) is 58.6. The molecule has 0 unspecified atom stereocenters. The van der Waals surface area contributed by atoms with Crippen molar-refractivity contribution in [1.29, 1.82) is 0 Å². The Morgan fingerprint density at radius 3 is 1.03 bits per heavy atom. The monoisotopic (exact) mass is 904 g/mol. The molecule has 1 heterocycles. The summed E-state index contributed by atoms with van der Waals surface area (Å²) in [6.07, 6.45) is 0. The van der Waals surface area contributed by atoms with Crippen molar-refractivity contribution in [2.45, 2.75) is 41.5 Å². The van der Waals surface area contributed by atoms with Crippen LogP contribution < -0.4 is 25.7 Å². The fourth-order valence-electron chi connectivity index (χ4n) is 8.81. The quantitative estimate of drug-likeness (QED) is 0.125. The van der Waals surface area contributed by atoms with Crippen molar-refractivity contribution in [3.05, 3.63) is 208 Å². The summed E-state index contributed by atoms with van der Waals surface area (Å²) in [4.78, 5) is 4.90. The molecule has 0 saturated carbocycles. The van der Waals surface area contributed by atoms with E-state index in [0.29, 0.717) is 0 Å². The van der Waals surface area contributed by atoms with Gasteiger partial charge >= 0.3 is 244 Å². The maximum absolute atomic E-state index is 7.94. The first-order chi connectivity index (χ1) is 28.0. The van der Waals surface area contributed by atoms with Gasteiger partial charge in [-0.15, -0.1) is 0 Å². The zero-order chi connectivity index (χ0) is 40.6. The molecule has 9 rings (SSSR count). The van der Waals surface area contributed by atoms with Gasteiger partial charge in [-0.05, 0) is 23.8 Å². The summed E-state index contributed by atoms with van der Waals surface area (Å²) in [7, 11) is 15.4. The Balaban J connectivity index is 0.000000206. The molecule has 0 radical (unpaired) electrons. The molecule has 1 fully saturated rings. The molecule has 58 heavy (non-hydrogen) atoms. The summed E-state index contributed by atoms with van der Waals surface area (Å²) in [5.74, 6) is 0. The summed E-state index contributed by atoms with van der Waals surface area (Å²) >= 11 is -3.77. The van der Waals surface area contributed by atoms with Gasteiger partial charge in [0.1, 0.15) is 0 Å². The first-order valence-corrected chi connectivity index (χ1v) is 27.3. The van der Waals surface area contributed by atoms with Crippen LogP contribution in [-0.4, -0.2) is 21.6 Å². The standard InChI is InChI=1S/C21H26N2.C18H15P.C13H8.2ClH.Ru/c1-14-9-16(3)20(17(4)10-14)22-7-8-23(13-22)21-18(5)11-15(2)12-19(21)6;1-4-10-16(11-5-1)19(17-12-6-2-7-13-17)18-14-8-3-9-15-18;1-3-7-12-10(5-1)9-11-6-2-4-8-13(11)12;;;/h9-12H,7-8H2,1-6H3;1-15H;1-8H;2*1H;/q;;;;;+2/p-2. The molecule has 7 aromatic rings. The maximum atomic E-state index is 7.94.